The van der Waals surface area contributed by atoms with Crippen LogP contribution in [0.4, 0.5) is 5.69 Å². The van der Waals surface area contributed by atoms with E-state index in [9.17, 15) is 14.4 Å². The molecule has 0 aliphatic carbocycles. The van der Waals surface area contributed by atoms with Crippen LogP contribution >= 0.6 is 11.8 Å². The highest BCUT2D eigenvalue weighted by Crippen LogP contribution is 2.66. The minimum absolute atomic E-state index is 0.00720. The van der Waals surface area contributed by atoms with Crippen molar-refractivity contribution in [2.75, 3.05) is 25.1 Å². The van der Waals surface area contributed by atoms with Crippen LogP contribution in [0.1, 0.15) is 51.0 Å². The maximum atomic E-state index is 14.1. The first-order valence-corrected chi connectivity index (χ1v) is 15.3. The van der Waals surface area contributed by atoms with Crippen molar-refractivity contribution in [3.63, 3.8) is 0 Å². The van der Waals surface area contributed by atoms with Gasteiger partial charge in [-0.2, -0.15) is 0 Å². The molecule has 9 heteroatoms. The highest BCUT2D eigenvalue weighted by Gasteiger charge is 2.73. The number of hydrogen-bond donors (Lipinski definition) is 3. The maximum Gasteiger partial charge on any atom is 0.244 e. The minimum Gasteiger partial charge on any atom is -0.494 e. The first-order valence-electron chi connectivity index (χ1n) is 14.4. The zero-order valence-corrected chi connectivity index (χ0v) is 23.8. The number of carbonyl (C=O) groups excluding carboxylic acids is 3. The van der Waals surface area contributed by atoms with Gasteiger partial charge in [0.05, 0.1) is 23.2 Å². The number of carbonyl (C=O) groups is 3. The number of aliphatic hydroxyl groups excluding tert-OH is 1. The summed E-state index contributed by atoms with van der Waals surface area (Å²) in [7, 11) is 0. The van der Waals surface area contributed by atoms with Gasteiger partial charge < -0.3 is 25.4 Å². The average Bonchev–Trinajstić information content (AvgIpc) is 3.61. The van der Waals surface area contributed by atoms with Crippen LogP contribution in [-0.2, 0) is 20.9 Å². The molecule has 8 nitrogen and oxygen atoms in total. The van der Waals surface area contributed by atoms with Crippen LogP contribution in [0.3, 0.4) is 0 Å². The molecule has 3 amide bonds. The van der Waals surface area contributed by atoms with E-state index in [4.69, 9.17) is 9.84 Å². The Hall–Kier alpha value is -3.04. The van der Waals surface area contributed by atoms with Gasteiger partial charge in [-0.05, 0) is 62.4 Å². The van der Waals surface area contributed by atoms with E-state index in [1.807, 2.05) is 61.5 Å². The lowest BCUT2D eigenvalue weighted by Crippen LogP contribution is -2.53. The number of anilines is 1. The van der Waals surface area contributed by atoms with Crippen LogP contribution in [0.2, 0.25) is 0 Å². The van der Waals surface area contributed by atoms with Gasteiger partial charge in [0.2, 0.25) is 17.7 Å². The van der Waals surface area contributed by atoms with E-state index < -0.39 is 22.6 Å². The van der Waals surface area contributed by atoms with Crippen LogP contribution < -0.4 is 15.4 Å². The smallest absolute Gasteiger partial charge is 0.244 e. The molecule has 3 saturated heterocycles. The third kappa shape index (κ3) is 5.59. The van der Waals surface area contributed by atoms with E-state index in [1.165, 1.54) is 0 Å². The van der Waals surface area contributed by atoms with Gasteiger partial charge >= 0.3 is 0 Å². The molecule has 0 radical (unpaired) electrons. The monoisotopic (exact) mass is 565 g/mol. The quantitative estimate of drug-likeness (QED) is 0.317. The lowest BCUT2D eigenvalue weighted by molar-refractivity contribution is -0.139. The number of thioether (sulfide) groups is 1. The molecule has 3 N–H and O–H groups in total. The molecule has 3 aliphatic rings. The molecule has 3 heterocycles. The summed E-state index contributed by atoms with van der Waals surface area (Å²) in [6, 6.07) is 16.4. The fraction of sp³-hybridized carbons (Fsp3) is 0.516. The van der Waals surface area contributed by atoms with Gasteiger partial charge in [-0.15, -0.1) is 11.8 Å². The average molecular weight is 566 g/mol. The number of fused-ring (bicyclic) bond motifs is 1. The fourth-order valence-corrected chi connectivity index (χ4v) is 8.87. The molecule has 5 rings (SSSR count). The molecule has 2 bridgehead atoms. The Kier molecular flexibility index (Phi) is 9.00. The molecule has 2 unspecified atom stereocenters. The molecule has 5 atom stereocenters. The number of likely N-dealkylation sites (tertiary alicyclic amines) is 1. The number of hydrogen-bond acceptors (Lipinski definition) is 6. The van der Waals surface area contributed by atoms with E-state index in [2.05, 4.69) is 10.6 Å². The number of rotatable bonds is 13. The molecule has 214 valence electrons. The molecule has 0 saturated carbocycles. The van der Waals surface area contributed by atoms with Crippen LogP contribution in [0.15, 0.2) is 54.6 Å². The summed E-state index contributed by atoms with van der Waals surface area (Å²) >= 11 is 1.68. The molecular formula is C31H39N3O5S. The summed E-state index contributed by atoms with van der Waals surface area (Å²) in [6.45, 7) is 3.51. The molecule has 3 aliphatic heterocycles. The lowest BCUT2D eigenvalue weighted by atomic mass is 9.70. The summed E-state index contributed by atoms with van der Waals surface area (Å²) in [5.41, 5.74) is 1.67. The van der Waals surface area contributed by atoms with E-state index in [1.54, 1.807) is 16.7 Å². The number of nitrogens with zero attached hydrogens (tertiary/aromatic N) is 1. The molecule has 0 aromatic heterocycles. The molecule has 40 heavy (non-hydrogen) atoms. The van der Waals surface area contributed by atoms with Gasteiger partial charge in [0.25, 0.3) is 0 Å². The van der Waals surface area contributed by atoms with E-state index in [0.29, 0.717) is 25.4 Å². The molecule has 2 aromatic rings. The Balaban J connectivity index is 1.35. The summed E-state index contributed by atoms with van der Waals surface area (Å²) in [4.78, 5) is 43.3. The minimum atomic E-state index is -0.607. The van der Waals surface area contributed by atoms with Gasteiger partial charge in [0.1, 0.15) is 11.8 Å². The number of nitrogens with one attached hydrogen (secondary N) is 2. The predicted molar refractivity (Wildman–Crippen MR) is 156 cm³/mol. The number of benzene rings is 2. The summed E-state index contributed by atoms with van der Waals surface area (Å²) in [5.74, 6) is -0.653. The van der Waals surface area contributed by atoms with Crippen molar-refractivity contribution >= 4 is 35.2 Å². The van der Waals surface area contributed by atoms with Crippen molar-refractivity contribution in [2.24, 2.45) is 11.8 Å². The second kappa shape index (κ2) is 12.6. The first kappa shape index (κ1) is 28.5. The van der Waals surface area contributed by atoms with Crippen molar-refractivity contribution in [1.29, 1.82) is 0 Å². The Morgan fingerprint density at radius 2 is 1.80 bits per heavy atom. The van der Waals surface area contributed by atoms with Crippen LogP contribution in [0.5, 0.6) is 5.75 Å². The van der Waals surface area contributed by atoms with Gasteiger partial charge in [0, 0.05) is 30.6 Å². The lowest BCUT2D eigenvalue weighted by Gasteiger charge is -2.34. The number of aliphatic hydroxyl groups is 1. The summed E-state index contributed by atoms with van der Waals surface area (Å²) in [6.07, 6.45) is 4.79. The van der Waals surface area contributed by atoms with Crippen molar-refractivity contribution in [3.05, 3.63) is 60.2 Å². The Morgan fingerprint density at radius 1 is 1.05 bits per heavy atom. The Bertz CT molecular complexity index is 1190. The van der Waals surface area contributed by atoms with Gasteiger partial charge in [-0.1, -0.05) is 43.2 Å². The highest BCUT2D eigenvalue weighted by molar-refractivity contribution is 8.02. The van der Waals surface area contributed by atoms with E-state index >= 15 is 0 Å². The van der Waals surface area contributed by atoms with Crippen LogP contribution in [-0.4, -0.2) is 63.5 Å². The van der Waals surface area contributed by atoms with E-state index in [0.717, 1.165) is 49.8 Å². The topological polar surface area (TPSA) is 108 Å². The van der Waals surface area contributed by atoms with Crippen molar-refractivity contribution in [3.8, 4) is 5.75 Å². The fourth-order valence-electron chi connectivity index (χ4n) is 6.65. The van der Waals surface area contributed by atoms with Crippen molar-refractivity contribution in [1.82, 2.24) is 10.2 Å². The SMILES string of the molecule is CCOc1ccc(NC(=O)[C@@H]2[C@H]3C(=O)N(CCCCCCO)C(C(=O)NCc4ccccc4)C34CC[C@H]2S4)cc1. The molecular weight excluding hydrogens is 526 g/mol. The Labute approximate surface area is 240 Å². The molecule has 1 spiro atoms. The third-order valence-corrected chi connectivity index (χ3v) is 10.4. The zero-order chi connectivity index (χ0) is 28.1. The zero-order valence-electron chi connectivity index (χ0n) is 23.0. The largest absolute Gasteiger partial charge is 0.494 e. The first-order chi connectivity index (χ1) is 19.5. The maximum absolute atomic E-state index is 14.1. The summed E-state index contributed by atoms with van der Waals surface area (Å²) in [5, 5.41) is 15.3. The van der Waals surface area contributed by atoms with Crippen molar-refractivity contribution < 1.29 is 24.2 Å². The molecule has 2 aromatic carbocycles. The predicted octanol–water partition coefficient (Wildman–Crippen LogP) is 3.98. The molecule has 3 fully saturated rings. The van der Waals surface area contributed by atoms with Gasteiger partial charge in [0.15, 0.2) is 0 Å². The van der Waals surface area contributed by atoms with Crippen molar-refractivity contribution in [2.45, 2.75) is 68.0 Å². The van der Waals surface area contributed by atoms with Gasteiger partial charge in [-0.25, -0.2) is 0 Å². The van der Waals surface area contributed by atoms with Crippen LogP contribution in [0.25, 0.3) is 0 Å². The number of ether oxygens (including phenoxy) is 1. The van der Waals surface area contributed by atoms with E-state index in [-0.39, 0.29) is 29.6 Å². The standard InChI is InChI=1S/C31H39N3O5S/c1-2-39-23-14-12-22(13-15-23)33-28(36)25-24-16-17-31(40-24)26(25)30(38)34(18-8-3-4-9-19-35)27(31)29(37)32-20-21-10-6-5-7-11-21/h5-7,10-15,24-27,35H,2-4,8-9,16-20H2,1H3,(H,32,37)(H,33,36)/t24-,25+,26+,27?,31?/m1/s1. The second-order valence-corrected chi connectivity index (χ2v) is 12.5. The number of unbranched alkanes of at least 4 members (excludes halogenated alkanes) is 3. The number of amides is 3. The third-order valence-electron chi connectivity index (χ3n) is 8.40. The normalized spacial score (nSPS) is 26.6. The van der Waals surface area contributed by atoms with Crippen LogP contribution in [0, 0.1) is 11.8 Å². The summed E-state index contributed by atoms with van der Waals surface area (Å²) < 4.78 is 4.90. The Morgan fingerprint density at radius 3 is 2.52 bits per heavy atom. The second-order valence-electron chi connectivity index (χ2n) is 10.9. The highest BCUT2D eigenvalue weighted by atomic mass is 32.2. The van der Waals surface area contributed by atoms with Gasteiger partial charge in [-0.3, -0.25) is 14.4 Å².